The average molecular weight is 408 g/mol. The Morgan fingerprint density at radius 1 is 1.20 bits per heavy atom. The Morgan fingerprint density at radius 2 is 1.92 bits per heavy atom. The molecule has 1 N–H and O–H groups in total. The number of hydrogen-bond acceptors (Lipinski definition) is 3. The van der Waals surface area contributed by atoms with Crippen molar-refractivity contribution in [3.63, 3.8) is 0 Å². The Kier molecular flexibility index (Phi) is 7.13. The Labute approximate surface area is 154 Å². The zero-order valence-electron chi connectivity index (χ0n) is 13.8. The van der Waals surface area contributed by atoms with E-state index < -0.39 is 24.3 Å². The minimum atomic E-state index is -0.864. The van der Waals surface area contributed by atoms with Gasteiger partial charge < -0.3 is 10.1 Å². The van der Waals surface area contributed by atoms with Crippen LogP contribution in [0.4, 0.5) is 4.39 Å². The molecule has 0 unspecified atom stereocenters. The summed E-state index contributed by atoms with van der Waals surface area (Å²) in [6, 6.07) is 13.9. The molecule has 1 atom stereocenters. The van der Waals surface area contributed by atoms with E-state index in [2.05, 4.69) is 21.2 Å². The summed E-state index contributed by atoms with van der Waals surface area (Å²) in [6.07, 6.45) is 1.61. The summed E-state index contributed by atoms with van der Waals surface area (Å²) in [7, 11) is 0. The molecule has 0 fully saturated rings. The highest BCUT2D eigenvalue weighted by molar-refractivity contribution is 9.10. The lowest BCUT2D eigenvalue weighted by Crippen LogP contribution is -2.36. The number of carbonyl (C=O) groups excluding carboxylic acids is 2. The van der Waals surface area contributed by atoms with Crippen molar-refractivity contribution in [1.82, 2.24) is 5.32 Å². The van der Waals surface area contributed by atoms with Crippen molar-refractivity contribution in [3.8, 4) is 0 Å². The van der Waals surface area contributed by atoms with Crippen molar-refractivity contribution >= 4 is 27.8 Å². The first kappa shape index (κ1) is 19.1. The first-order valence-corrected chi connectivity index (χ1v) is 8.70. The van der Waals surface area contributed by atoms with Crippen LogP contribution in [-0.4, -0.2) is 24.5 Å². The van der Waals surface area contributed by atoms with Crippen LogP contribution in [0, 0.1) is 5.82 Å². The molecule has 2 aromatic carbocycles. The van der Waals surface area contributed by atoms with Crippen LogP contribution in [-0.2, 0) is 16.0 Å². The summed E-state index contributed by atoms with van der Waals surface area (Å²) in [5.41, 5.74) is 0.994. The third-order valence-corrected chi connectivity index (χ3v) is 4.09. The monoisotopic (exact) mass is 407 g/mol. The zero-order valence-corrected chi connectivity index (χ0v) is 15.4. The number of hydrogen-bond donors (Lipinski definition) is 1. The predicted octanol–water partition coefficient (Wildman–Crippen LogP) is 3.88. The third kappa shape index (κ3) is 6.31. The molecule has 2 aromatic rings. The van der Waals surface area contributed by atoms with Crippen molar-refractivity contribution in [3.05, 3.63) is 69.9 Å². The summed E-state index contributed by atoms with van der Waals surface area (Å²) >= 11 is 3.11. The molecule has 25 heavy (non-hydrogen) atoms. The summed E-state index contributed by atoms with van der Waals surface area (Å²) in [5.74, 6) is -1.97. The van der Waals surface area contributed by atoms with E-state index in [0.29, 0.717) is 4.47 Å². The van der Waals surface area contributed by atoms with Crippen molar-refractivity contribution < 1.29 is 18.7 Å². The molecular formula is C19H19BrFNO3. The van der Waals surface area contributed by atoms with Crippen LogP contribution in [0.15, 0.2) is 53.0 Å². The predicted molar refractivity (Wildman–Crippen MR) is 96.8 cm³/mol. The molecule has 1 amide bonds. The van der Waals surface area contributed by atoms with Gasteiger partial charge in [0.05, 0.1) is 5.56 Å². The SMILES string of the molecule is C[C@@H](CCc1ccccc1)NC(=O)COC(=O)c1ccc(Br)cc1F. The number of carbonyl (C=O) groups is 2. The van der Waals surface area contributed by atoms with Gasteiger partial charge in [0.15, 0.2) is 6.61 Å². The van der Waals surface area contributed by atoms with Gasteiger partial charge in [0.2, 0.25) is 0 Å². The smallest absolute Gasteiger partial charge is 0.341 e. The van der Waals surface area contributed by atoms with Gasteiger partial charge in [-0.2, -0.15) is 0 Å². The van der Waals surface area contributed by atoms with Crippen LogP contribution >= 0.6 is 15.9 Å². The molecule has 0 radical (unpaired) electrons. The average Bonchev–Trinajstić information content (AvgIpc) is 2.59. The molecule has 0 aliphatic rings. The molecule has 132 valence electrons. The highest BCUT2D eigenvalue weighted by Gasteiger charge is 2.16. The number of esters is 1. The lowest BCUT2D eigenvalue weighted by Gasteiger charge is -2.14. The molecule has 0 aliphatic carbocycles. The Balaban J connectivity index is 1.75. The van der Waals surface area contributed by atoms with E-state index in [9.17, 15) is 14.0 Å². The number of aryl methyl sites for hydroxylation is 1. The van der Waals surface area contributed by atoms with Crippen molar-refractivity contribution in [2.45, 2.75) is 25.8 Å². The van der Waals surface area contributed by atoms with Crippen LogP contribution in [0.25, 0.3) is 0 Å². The van der Waals surface area contributed by atoms with Crippen LogP contribution in [0.2, 0.25) is 0 Å². The largest absolute Gasteiger partial charge is 0.452 e. The summed E-state index contributed by atoms with van der Waals surface area (Å²) < 4.78 is 19.1. The van der Waals surface area contributed by atoms with Crippen molar-refractivity contribution in [1.29, 1.82) is 0 Å². The first-order chi connectivity index (χ1) is 12.0. The van der Waals surface area contributed by atoms with E-state index in [1.807, 2.05) is 37.3 Å². The van der Waals surface area contributed by atoms with Crippen LogP contribution in [0.3, 0.4) is 0 Å². The van der Waals surface area contributed by atoms with Crippen LogP contribution in [0.5, 0.6) is 0 Å². The third-order valence-electron chi connectivity index (χ3n) is 3.60. The highest BCUT2D eigenvalue weighted by Crippen LogP contribution is 2.16. The number of rotatable bonds is 7. The van der Waals surface area contributed by atoms with Gasteiger partial charge in [-0.25, -0.2) is 9.18 Å². The number of nitrogens with one attached hydrogen (secondary N) is 1. The fourth-order valence-electron chi connectivity index (χ4n) is 2.28. The molecule has 0 heterocycles. The fourth-order valence-corrected chi connectivity index (χ4v) is 2.61. The normalized spacial score (nSPS) is 11.6. The van der Waals surface area contributed by atoms with E-state index in [4.69, 9.17) is 4.74 Å². The second kappa shape index (κ2) is 9.32. The maximum absolute atomic E-state index is 13.7. The fraction of sp³-hybridized carbons (Fsp3) is 0.263. The molecule has 0 saturated carbocycles. The minimum Gasteiger partial charge on any atom is -0.452 e. The van der Waals surface area contributed by atoms with Crippen LogP contribution < -0.4 is 5.32 Å². The van der Waals surface area contributed by atoms with E-state index in [-0.39, 0.29) is 11.6 Å². The van der Waals surface area contributed by atoms with Crippen LogP contribution in [0.1, 0.15) is 29.3 Å². The topological polar surface area (TPSA) is 55.4 Å². The minimum absolute atomic E-state index is 0.0594. The molecular weight excluding hydrogens is 389 g/mol. The van der Waals surface area contributed by atoms with Gasteiger partial charge in [-0.05, 0) is 43.5 Å². The number of amides is 1. The van der Waals surface area contributed by atoms with Crippen molar-refractivity contribution in [2.24, 2.45) is 0 Å². The summed E-state index contributed by atoms with van der Waals surface area (Å²) in [5, 5.41) is 2.76. The molecule has 0 bridgehead atoms. The van der Waals surface area contributed by atoms with E-state index in [0.717, 1.165) is 12.8 Å². The zero-order chi connectivity index (χ0) is 18.2. The molecule has 0 aromatic heterocycles. The quantitative estimate of drug-likeness (QED) is 0.708. The Hall–Kier alpha value is -2.21. The first-order valence-electron chi connectivity index (χ1n) is 7.91. The molecule has 0 saturated heterocycles. The van der Waals surface area contributed by atoms with Gasteiger partial charge in [0.1, 0.15) is 5.82 Å². The van der Waals surface area contributed by atoms with E-state index in [1.54, 1.807) is 0 Å². The van der Waals surface area contributed by atoms with Gasteiger partial charge in [-0.1, -0.05) is 46.3 Å². The van der Waals surface area contributed by atoms with E-state index >= 15 is 0 Å². The Bertz CT molecular complexity index is 737. The number of ether oxygens (including phenoxy) is 1. The standard InChI is InChI=1S/C19H19BrFNO3/c1-13(7-8-14-5-3-2-4-6-14)22-18(23)12-25-19(24)16-10-9-15(20)11-17(16)21/h2-6,9-11,13H,7-8,12H2,1H3,(H,22,23)/t13-/m0/s1. The Morgan fingerprint density at radius 3 is 2.60 bits per heavy atom. The molecule has 0 aliphatic heterocycles. The second-order valence-electron chi connectivity index (χ2n) is 5.69. The van der Waals surface area contributed by atoms with Gasteiger partial charge in [-0.15, -0.1) is 0 Å². The molecule has 4 nitrogen and oxygen atoms in total. The van der Waals surface area contributed by atoms with Crippen molar-refractivity contribution in [2.75, 3.05) is 6.61 Å². The summed E-state index contributed by atoms with van der Waals surface area (Å²) in [4.78, 5) is 23.7. The highest BCUT2D eigenvalue weighted by atomic mass is 79.9. The van der Waals surface area contributed by atoms with Gasteiger partial charge >= 0.3 is 5.97 Å². The maximum Gasteiger partial charge on any atom is 0.341 e. The second-order valence-corrected chi connectivity index (χ2v) is 6.61. The van der Waals surface area contributed by atoms with Gasteiger partial charge in [0.25, 0.3) is 5.91 Å². The van der Waals surface area contributed by atoms with Gasteiger partial charge in [0, 0.05) is 10.5 Å². The molecule has 2 rings (SSSR count). The lowest BCUT2D eigenvalue weighted by molar-refractivity contribution is -0.124. The molecule has 6 heteroatoms. The maximum atomic E-state index is 13.7. The van der Waals surface area contributed by atoms with E-state index in [1.165, 1.54) is 23.8 Å². The van der Waals surface area contributed by atoms with Gasteiger partial charge in [-0.3, -0.25) is 4.79 Å². The summed E-state index contributed by atoms with van der Waals surface area (Å²) in [6.45, 7) is 1.45. The lowest BCUT2D eigenvalue weighted by atomic mass is 10.1. The number of halogens is 2. The number of benzene rings is 2. The molecule has 0 spiro atoms.